The van der Waals surface area contributed by atoms with Gasteiger partial charge in [0.25, 0.3) is 0 Å². The van der Waals surface area contributed by atoms with E-state index in [1.54, 1.807) is 6.92 Å². The summed E-state index contributed by atoms with van der Waals surface area (Å²) in [6.07, 6.45) is 2.14. The molecule has 0 radical (unpaired) electrons. The lowest BCUT2D eigenvalue weighted by molar-refractivity contribution is 0.0647. The Kier molecular flexibility index (Phi) is 4.70. The number of nitrogens with zero attached hydrogens (tertiary/aromatic N) is 1. The first-order valence-corrected chi connectivity index (χ1v) is 8.66. The summed E-state index contributed by atoms with van der Waals surface area (Å²) in [6, 6.07) is 3.74. The molecule has 1 aliphatic heterocycles. The highest BCUT2D eigenvalue weighted by molar-refractivity contribution is 7.89. The van der Waals surface area contributed by atoms with Crippen molar-refractivity contribution in [1.82, 2.24) is 4.31 Å². The number of hydrogen-bond acceptors (Lipinski definition) is 3. The molecule has 1 aromatic carbocycles. The minimum Gasteiger partial charge on any atom is -0.396 e. The van der Waals surface area contributed by atoms with Gasteiger partial charge in [0, 0.05) is 19.7 Å². The first-order chi connectivity index (χ1) is 9.84. The minimum atomic E-state index is -3.59. The van der Waals surface area contributed by atoms with Gasteiger partial charge in [0.05, 0.1) is 4.90 Å². The van der Waals surface area contributed by atoms with Crippen molar-refractivity contribution in [3.05, 3.63) is 29.6 Å². The van der Waals surface area contributed by atoms with Crippen LogP contribution in [-0.4, -0.2) is 37.5 Å². The highest BCUT2D eigenvalue weighted by Crippen LogP contribution is 2.36. The topological polar surface area (TPSA) is 57.6 Å². The van der Waals surface area contributed by atoms with E-state index in [4.69, 9.17) is 0 Å². The molecule has 4 nitrogen and oxygen atoms in total. The molecule has 2 rings (SSSR count). The van der Waals surface area contributed by atoms with Crippen molar-refractivity contribution in [2.75, 3.05) is 19.7 Å². The number of hydrogen-bond donors (Lipinski definition) is 1. The Balaban J connectivity index is 2.22. The fourth-order valence-electron chi connectivity index (χ4n) is 2.87. The van der Waals surface area contributed by atoms with Gasteiger partial charge in [-0.3, -0.25) is 0 Å². The van der Waals surface area contributed by atoms with Gasteiger partial charge in [0.2, 0.25) is 10.0 Å². The maximum absolute atomic E-state index is 13.1. The van der Waals surface area contributed by atoms with Gasteiger partial charge in [-0.05, 0) is 55.4 Å². The maximum atomic E-state index is 13.1. The number of rotatable bonds is 4. The van der Waals surface area contributed by atoms with E-state index in [1.165, 1.54) is 22.5 Å². The van der Waals surface area contributed by atoms with Crippen molar-refractivity contribution in [2.24, 2.45) is 5.41 Å². The summed E-state index contributed by atoms with van der Waals surface area (Å²) in [5.74, 6) is -0.435. The summed E-state index contributed by atoms with van der Waals surface area (Å²) >= 11 is 0. The average molecular weight is 315 g/mol. The van der Waals surface area contributed by atoms with Crippen molar-refractivity contribution in [1.29, 1.82) is 0 Å². The molecule has 0 bridgehead atoms. The Bertz CT molecular complexity index is 601. The SMILES string of the molecule is CCC1(CO)CCN(S(=O)(=O)c2ccc(F)cc2C)CC1. The highest BCUT2D eigenvalue weighted by atomic mass is 32.2. The van der Waals surface area contributed by atoms with Crippen molar-refractivity contribution in [2.45, 2.75) is 38.0 Å². The van der Waals surface area contributed by atoms with E-state index in [9.17, 15) is 17.9 Å². The number of benzene rings is 1. The molecule has 118 valence electrons. The monoisotopic (exact) mass is 315 g/mol. The fourth-order valence-corrected chi connectivity index (χ4v) is 4.51. The number of halogens is 1. The molecule has 1 N–H and O–H groups in total. The van der Waals surface area contributed by atoms with Gasteiger partial charge >= 0.3 is 0 Å². The van der Waals surface area contributed by atoms with E-state index in [1.807, 2.05) is 6.92 Å². The molecule has 1 aromatic rings. The second-order valence-corrected chi connectivity index (χ2v) is 7.73. The van der Waals surface area contributed by atoms with Crippen LogP contribution in [0.2, 0.25) is 0 Å². The number of sulfonamides is 1. The van der Waals surface area contributed by atoms with Crippen molar-refractivity contribution < 1.29 is 17.9 Å². The summed E-state index contributed by atoms with van der Waals surface area (Å²) < 4.78 is 39.9. The normalized spacial score (nSPS) is 19.6. The molecule has 21 heavy (non-hydrogen) atoms. The van der Waals surface area contributed by atoms with E-state index in [0.717, 1.165) is 6.42 Å². The average Bonchev–Trinajstić information content (AvgIpc) is 2.47. The predicted molar refractivity (Wildman–Crippen MR) is 78.9 cm³/mol. The summed E-state index contributed by atoms with van der Waals surface area (Å²) in [5.41, 5.74) is 0.258. The molecule has 0 unspecified atom stereocenters. The van der Waals surface area contributed by atoms with E-state index < -0.39 is 15.8 Å². The molecule has 0 aliphatic carbocycles. The van der Waals surface area contributed by atoms with Gasteiger partial charge < -0.3 is 5.11 Å². The smallest absolute Gasteiger partial charge is 0.243 e. The Morgan fingerprint density at radius 3 is 2.43 bits per heavy atom. The highest BCUT2D eigenvalue weighted by Gasteiger charge is 2.37. The standard InChI is InChI=1S/C15H22FNO3S/c1-3-15(11-18)6-8-17(9-7-15)21(19,20)14-5-4-13(16)10-12(14)2/h4-5,10,18H,3,6-9,11H2,1-2H3. The zero-order valence-corrected chi connectivity index (χ0v) is 13.3. The van der Waals surface area contributed by atoms with Crippen LogP contribution in [0.25, 0.3) is 0 Å². The molecule has 1 fully saturated rings. The summed E-state index contributed by atoms with van der Waals surface area (Å²) in [6.45, 7) is 4.50. The Morgan fingerprint density at radius 1 is 1.33 bits per heavy atom. The molecule has 1 saturated heterocycles. The summed E-state index contributed by atoms with van der Waals surface area (Å²) in [5, 5.41) is 9.51. The number of aliphatic hydroxyl groups is 1. The van der Waals surface area contributed by atoms with Gasteiger partial charge in [-0.2, -0.15) is 4.31 Å². The van der Waals surface area contributed by atoms with Crippen LogP contribution in [0.1, 0.15) is 31.7 Å². The van der Waals surface area contributed by atoms with Crippen LogP contribution in [0.3, 0.4) is 0 Å². The quantitative estimate of drug-likeness (QED) is 0.927. The molecular weight excluding hydrogens is 293 g/mol. The zero-order chi connectivity index (χ0) is 15.7. The van der Waals surface area contributed by atoms with Gasteiger partial charge in [0.1, 0.15) is 5.82 Å². The molecule has 0 aromatic heterocycles. The Morgan fingerprint density at radius 2 is 1.95 bits per heavy atom. The summed E-state index contributed by atoms with van der Waals surface area (Å²) in [7, 11) is -3.59. The van der Waals surface area contributed by atoms with Gasteiger partial charge in [-0.15, -0.1) is 0 Å². The first-order valence-electron chi connectivity index (χ1n) is 7.22. The lowest BCUT2D eigenvalue weighted by Gasteiger charge is -2.39. The van der Waals surface area contributed by atoms with Crippen molar-refractivity contribution in [3.8, 4) is 0 Å². The maximum Gasteiger partial charge on any atom is 0.243 e. The number of piperidine rings is 1. The number of aliphatic hydroxyl groups excluding tert-OH is 1. The van der Waals surface area contributed by atoms with Gasteiger partial charge in [-0.1, -0.05) is 6.92 Å². The Labute approximate surface area is 125 Å². The van der Waals surface area contributed by atoms with Gasteiger partial charge in [0.15, 0.2) is 0 Å². The molecule has 0 amide bonds. The van der Waals surface area contributed by atoms with Crippen LogP contribution in [0.5, 0.6) is 0 Å². The molecule has 1 heterocycles. The van der Waals surface area contributed by atoms with Crippen LogP contribution in [0, 0.1) is 18.2 Å². The molecule has 6 heteroatoms. The zero-order valence-electron chi connectivity index (χ0n) is 12.5. The van der Waals surface area contributed by atoms with Crippen molar-refractivity contribution >= 4 is 10.0 Å². The van der Waals surface area contributed by atoms with E-state index >= 15 is 0 Å². The lowest BCUT2D eigenvalue weighted by Crippen LogP contribution is -2.44. The van der Waals surface area contributed by atoms with Crippen LogP contribution >= 0.6 is 0 Å². The third-order valence-corrected chi connectivity index (χ3v) is 6.68. The molecular formula is C15H22FNO3S. The third-order valence-electron chi connectivity index (χ3n) is 4.62. The van der Waals surface area contributed by atoms with E-state index in [2.05, 4.69) is 0 Å². The first kappa shape index (κ1) is 16.4. The largest absolute Gasteiger partial charge is 0.396 e. The fraction of sp³-hybridized carbons (Fsp3) is 0.600. The third kappa shape index (κ3) is 3.12. The number of aryl methyl sites for hydroxylation is 1. The van der Waals surface area contributed by atoms with Crippen LogP contribution in [-0.2, 0) is 10.0 Å². The second-order valence-electron chi connectivity index (χ2n) is 5.83. The van der Waals surface area contributed by atoms with Crippen LogP contribution in [0.15, 0.2) is 23.1 Å². The summed E-state index contributed by atoms with van der Waals surface area (Å²) in [4.78, 5) is 0.164. The molecule has 1 aliphatic rings. The van der Waals surface area contributed by atoms with Crippen molar-refractivity contribution in [3.63, 3.8) is 0 Å². The van der Waals surface area contributed by atoms with Crippen LogP contribution in [0.4, 0.5) is 4.39 Å². The molecule has 0 spiro atoms. The lowest BCUT2D eigenvalue weighted by atomic mass is 9.77. The predicted octanol–water partition coefficient (Wildman–Crippen LogP) is 2.31. The van der Waals surface area contributed by atoms with E-state index in [0.29, 0.717) is 31.5 Å². The van der Waals surface area contributed by atoms with Crippen LogP contribution < -0.4 is 0 Å². The Hall–Kier alpha value is -0.980. The minimum absolute atomic E-state index is 0.0902. The molecule has 0 atom stereocenters. The van der Waals surface area contributed by atoms with E-state index in [-0.39, 0.29) is 16.9 Å². The molecule has 0 saturated carbocycles. The second kappa shape index (κ2) is 6.02. The van der Waals surface area contributed by atoms with Gasteiger partial charge in [-0.25, -0.2) is 12.8 Å².